The molecule has 18 heavy (non-hydrogen) atoms. The van der Waals surface area contributed by atoms with Gasteiger partial charge in [0.1, 0.15) is 0 Å². The number of nitrogens with zero attached hydrogens (tertiary/aromatic N) is 1. The average Bonchev–Trinajstić information content (AvgIpc) is 2.74. The Morgan fingerprint density at radius 3 is 2.78 bits per heavy atom. The Morgan fingerprint density at radius 2 is 2.06 bits per heavy atom. The minimum atomic E-state index is -0.225. The Hall–Kier alpha value is -1.22. The second kappa shape index (κ2) is 4.16. The Morgan fingerprint density at radius 1 is 1.33 bits per heavy atom. The monoisotopic (exact) mass is 264 g/mol. The first-order valence-corrected chi connectivity index (χ1v) is 6.81. The van der Waals surface area contributed by atoms with Crippen molar-refractivity contribution < 1.29 is 4.79 Å². The van der Waals surface area contributed by atoms with E-state index in [1.807, 2.05) is 25.2 Å². The topological polar surface area (TPSA) is 32.3 Å². The highest BCUT2D eigenvalue weighted by Crippen LogP contribution is 2.45. The summed E-state index contributed by atoms with van der Waals surface area (Å²) in [5.74, 6) is 0.160. The van der Waals surface area contributed by atoms with Crippen molar-refractivity contribution in [1.82, 2.24) is 0 Å². The molecule has 4 heteroatoms. The number of rotatable bonds is 0. The molecule has 0 unspecified atom stereocenters. The van der Waals surface area contributed by atoms with Crippen LogP contribution in [0.2, 0.25) is 5.02 Å². The predicted molar refractivity (Wildman–Crippen MR) is 74.3 cm³/mol. The molecule has 0 aromatic heterocycles. The third-order valence-corrected chi connectivity index (χ3v) is 4.50. The van der Waals surface area contributed by atoms with Crippen LogP contribution in [0.4, 0.5) is 11.4 Å². The molecule has 3 nitrogen and oxygen atoms in total. The number of fused-ring (bicyclic) bond motifs is 1. The molecule has 1 spiro atoms. The number of benzene rings is 1. The molecule has 2 aliphatic rings. The zero-order valence-electron chi connectivity index (χ0n) is 10.5. The highest BCUT2D eigenvalue weighted by molar-refractivity contribution is 6.34. The van der Waals surface area contributed by atoms with Gasteiger partial charge in [-0.3, -0.25) is 4.79 Å². The van der Waals surface area contributed by atoms with Crippen LogP contribution in [0.1, 0.15) is 25.7 Å². The molecule has 1 aromatic rings. The molecule has 1 fully saturated rings. The molecule has 1 aliphatic carbocycles. The van der Waals surface area contributed by atoms with Crippen LogP contribution in [0.15, 0.2) is 18.2 Å². The lowest BCUT2D eigenvalue weighted by Gasteiger charge is -2.29. The van der Waals surface area contributed by atoms with Crippen LogP contribution in [-0.2, 0) is 4.79 Å². The highest BCUT2D eigenvalue weighted by Gasteiger charge is 2.44. The summed E-state index contributed by atoms with van der Waals surface area (Å²) >= 11 is 6.26. The summed E-state index contributed by atoms with van der Waals surface area (Å²) in [5.41, 5.74) is 1.55. The quantitative estimate of drug-likeness (QED) is 0.780. The minimum absolute atomic E-state index is 0.160. The summed E-state index contributed by atoms with van der Waals surface area (Å²) in [6.45, 7) is 0.759. The van der Waals surface area contributed by atoms with Crippen LogP contribution in [0.5, 0.6) is 0 Å². The molecule has 0 bridgehead atoms. The third kappa shape index (κ3) is 1.69. The van der Waals surface area contributed by atoms with Crippen LogP contribution < -0.4 is 10.2 Å². The van der Waals surface area contributed by atoms with Crippen molar-refractivity contribution in [1.29, 1.82) is 0 Å². The van der Waals surface area contributed by atoms with Gasteiger partial charge in [0, 0.05) is 13.6 Å². The number of nitrogens with one attached hydrogen (secondary N) is 1. The second-order valence-electron chi connectivity index (χ2n) is 5.43. The van der Waals surface area contributed by atoms with Gasteiger partial charge in [0.15, 0.2) is 0 Å². The second-order valence-corrected chi connectivity index (χ2v) is 5.84. The lowest BCUT2D eigenvalue weighted by Crippen LogP contribution is -2.40. The van der Waals surface area contributed by atoms with Gasteiger partial charge >= 0.3 is 0 Å². The molecular weight excluding hydrogens is 248 g/mol. The van der Waals surface area contributed by atoms with Crippen molar-refractivity contribution in [3.63, 3.8) is 0 Å². The maximum atomic E-state index is 12.5. The van der Waals surface area contributed by atoms with Crippen LogP contribution in [0.3, 0.4) is 0 Å². The van der Waals surface area contributed by atoms with Gasteiger partial charge in [0.05, 0.1) is 21.8 Å². The number of carbonyl (C=O) groups excluding carboxylic acids is 1. The molecule has 1 heterocycles. The van der Waals surface area contributed by atoms with Crippen LogP contribution in [-0.4, -0.2) is 19.5 Å². The molecule has 1 amide bonds. The summed E-state index contributed by atoms with van der Waals surface area (Å²) in [4.78, 5) is 14.6. The van der Waals surface area contributed by atoms with E-state index in [4.69, 9.17) is 11.6 Å². The van der Waals surface area contributed by atoms with E-state index in [9.17, 15) is 4.79 Å². The van der Waals surface area contributed by atoms with E-state index >= 15 is 0 Å². The number of para-hydroxylation sites is 1. The Labute approximate surface area is 112 Å². The van der Waals surface area contributed by atoms with Crippen molar-refractivity contribution in [2.45, 2.75) is 25.7 Å². The van der Waals surface area contributed by atoms with E-state index in [1.165, 1.54) is 0 Å². The minimum Gasteiger partial charge on any atom is -0.371 e. The molecule has 1 saturated carbocycles. The van der Waals surface area contributed by atoms with E-state index in [1.54, 1.807) is 0 Å². The van der Waals surface area contributed by atoms with Gasteiger partial charge in [-0.2, -0.15) is 0 Å². The summed E-state index contributed by atoms with van der Waals surface area (Å²) in [5, 5.41) is 3.76. The van der Waals surface area contributed by atoms with Crippen molar-refractivity contribution >= 4 is 28.9 Å². The van der Waals surface area contributed by atoms with E-state index in [0.717, 1.165) is 43.6 Å². The molecule has 96 valence electrons. The smallest absolute Gasteiger partial charge is 0.232 e. The van der Waals surface area contributed by atoms with Crippen molar-refractivity contribution in [3.05, 3.63) is 23.2 Å². The standard InChI is InChI=1S/C14H17ClN2O/c1-17-9-14(7-2-3-8-14)13(18)16-11-6-4-5-10(15)12(11)17/h4-6H,2-3,7-9H2,1H3,(H,16,18). The lowest BCUT2D eigenvalue weighted by molar-refractivity contribution is -0.124. The summed E-state index contributed by atoms with van der Waals surface area (Å²) in [6, 6.07) is 5.67. The fourth-order valence-electron chi connectivity index (χ4n) is 3.30. The molecule has 0 radical (unpaired) electrons. The van der Waals surface area contributed by atoms with Crippen LogP contribution in [0, 0.1) is 5.41 Å². The molecule has 1 N–H and O–H groups in total. The maximum Gasteiger partial charge on any atom is 0.232 e. The first-order valence-electron chi connectivity index (χ1n) is 6.43. The van der Waals surface area contributed by atoms with E-state index in [-0.39, 0.29) is 11.3 Å². The van der Waals surface area contributed by atoms with Gasteiger partial charge in [-0.05, 0) is 25.0 Å². The molecular formula is C14H17ClN2O. The fourth-order valence-corrected chi connectivity index (χ4v) is 3.62. The van der Waals surface area contributed by atoms with Gasteiger partial charge in [0.25, 0.3) is 0 Å². The van der Waals surface area contributed by atoms with Crippen molar-refractivity contribution in [2.75, 3.05) is 23.8 Å². The predicted octanol–water partition coefficient (Wildman–Crippen LogP) is 3.29. The first kappa shape index (κ1) is 11.8. The number of halogens is 1. The van der Waals surface area contributed by atoms with Gasteiger partial charge in [-0.15, -0.1) is 0 Å². The number of anilines is 2. The molecule has 0 saturated heterocycles. The zero-order valence-corrected chi connectivity index (χ0v) is 11.3. The van der Waals surface area contributed by atoms with Gasteiger partial charge in [-0.25, -0.2) is 0 Å². The van der Waals surface area contributed by atoms with E-state index < -0.39 is 0 Å². The molecule has 1 aliphatic heterocycles. The SMILES string of the molecule is CN1CC2(CCCC2)C(=O)Nc2cccc(Cl)c21. The van der Waals surface area contributed by atoms with Crippen molar-refractivity contribution in [2.24, 2.45) is 5.41 Å². The molecule has 3 rings (SSSR count). The number of hydrogen-bond acceptors (Lipinski definition) is 2. The Kier molecular flexibility index (Phi) is 2.74. The average molecular weight is 265 g/mol. The lowest BCUT2D eigenvalue weighted by atomic mass is 9.85. The Balaban J connectivity index is 2.06. The van der Waals surface area contributed by atoms with Crippen LogP contribution >= 0.6 is 11.6 Å². The summed E-state index contributed by atoms with van der Waals surface area (Å²) in [7, 11) is 2.02. The zero-order chi connectivity index (χ0) is 12.8. The van der Waals surface area contributed by atoms with Gasteiger partial charge in [0.2, 0.25) is 5.91 Å². The number of amides is 1. The maximum absolute atomic E-state index is 12.5. The first-order chi connectivity index (χ1) is 8.62. The third-order valence-electron chi connectivity index (χ3n) is 4.20. The number of hydrogen-bond donors (Lipinski definition) is 1. The molecule has 0 atom stereocenters. The fraction of sp³-hybridized carbons (Fsp3) is 0.500. The highest BCUT2D eigenvalue weighted by atomic mass is 35.5. The summed E-state index contributed by atoms with van der Waals surface area (Å²) < 4.78 is 0. The van der Waals surface area contributed by atoms with E-state index in [2.05, 4.69) is 10.2 Å². The van der Waals surface area contributed by atoms with Crippen LogP contribution in [0.25, 0.3) is 0 Å². The summed E-state index contributed by atoms with van der Waals surface area (Å²) in [6.07, 6.45) is 4.25. The molecule has 1 aromatic carbocycles. The number of carbonyl (C=O) groups is 1. The normalized spacial score (nSPS) is 21.7. The van der Waals surface area contributed by atoms with Gasteiger partial charge in [-0.1, -0.05) is 30.5 Å². The Bertz CT molecular complexity index is 495. The van der Waals surface area contributed by atoms with E-state index in [0.29, 0.717) is 5.02 Å². The van der Waals surface area contributed by atoms with Crippen molar-refractivity contribution in [3.8, 4) is 0 Å². The van der Waals surface area contributed by atoms with Gasteiger partial charge < -0.3 is 10.2 Å². The largest absolute Gasteiger partial charge is 0.371 e.